The van der Waals surface area contributed by atoms with Gasteiger partial charge in [0.1, 0.15) is 5.82 Å². The van der Waals surface area contributed by atoms with E-state index in [9.17, 15) is 9.18 Å². The first-order valence-corrected chi connectivity index (χ1v) is 6.46. The highest BCUT2D eigenvalue weighted by Gasteiger charge is 2.18. The zero-order chi connectivity index (χ0) is 14.3. The molecule has 2 aromatic carbocycles. The molecule has 0 amide bonds. The number of halogens is 1. The van der Waals surface area contributed by atoms with Crippen LogP contribution in [0.4, 0.5) is 4.39 Å². The summed E-state index contributed by atoms with van der Waals surface area (Å²) in [5, 5.41) is 0.777. The standard InChI is InChI=1S/C17H14FNO/c1-11-15-10-14(18)8-9-16(15)19(12(2)20)17(11)13-6-4-3-5-7-13/h3-10H,1-2H3. The van der Waals surface area contributed by atoms with E-state index in [1.54, 1.807) is 10.6 Å². The molecule has 0 fully saturated rings. The van der Waals surface area contributed by atoms with Gasteiger partial charge in [0, 0.05) is 12.3 Å². The van der Waals surface area contributed by atoms with Crippen LogP contribution >= 0.6 is 0 Å². The number of hydrogen-bond donors (Lipinski definition) is 0. The predicted molar refractivity (Wildman–Crippen MR) is 78.4 cm³/mol. The van der Waals surface area contributed by atoms with Gasteiger partial charge in [-0.2, -0.15) is 0 Å². The highest BCUT2D eigenvalue weighted by Crippen LogP contribution is 2.33. The van der Waals surface area contributed by atoms with E-state index in [4.69, 9.17) is 0 Å². The molecule has 3 aromatic rings. The lowest BCUT2D eigenvalue weighted by molar-refractivity contribution is 0.0943. The Hall–Kier alpha value is -2.42. The van der Waals surface area contributed by atoms with E-state index in [0.29, 0.717) is 0 Å². The molecule has 20 heavy (non-hydrogen) atoms. The molecular formula is C17H14FNO. The molecule has 0 saturated carbocycles. The molecule has 0 spiro atoms. The van der Waals surface area contributed by atoms with E-state index >= 15 is 0 Å². The second-order valence-electron chi connectivity index (χ2n) is 4.86. The zero-order valence-corrected chi connectivity index (χ0v) is 11.4. The second kappa shape index (κ2) is 4.60. The van der Waals surface area contributed by atoms with Crippen molar-refractivity contribution >= 4 is 16.8 Å². The molecular weight excluding hydrogens is 253 g/mol. The zero-order valence-electron chi connectivity index (χ0n) is 11.4. The number of hydrogen-bond acceptors (Lipinski definition) is 1. The smallest absolute Gasteiger partial charge is 0.228 e. The summed E-state index contributed by atoms with van der Waals surface area (Å²) < 4.78 is 15.1. The maximum atomic E-state index is 13.5. The van der Waals surface area contributed by atoms with Crippen molar-refractivity contribution < 1.29 is 9.18 Å². The van der Waals surface area contributed by atoms with Gasteiger partial charge in [0.25, 0.3) is 0 Å². The Morgan fingerprint density at radius 2 is 1.80 bits per heavy atom. The highest BCUT2D eigenvalue weighted by molar-refractivity contribution is 6.00. The maximum Gasteiger partial charge on any atom is 0.228 e. The van der Waals surface area contributed by atoms with Crippen molar-refractivity contribution in [1.82, 2.24) is 4.57 Å². The third kappa shape index (κ3) is 1.83. The molecule has 0 radical (unpaired) electrons. The molecule has 0 unspecified atom stereocenters. The number of aromatic nitrogens is 1. The molecule has 0 atom stereocenters. The van der Waals surface area contributed by atoms with E-state index in [1.165, 1.54) is 19.1 Å². The van der Waals surface area contributed by atoms with Crippen molar-refractivity contribution in [3.05, 3.63) is 59.9 Å². The topological polar surface area (TPSA) is 22.0 Å². The van der Waals surface area contributed by atoms with Crippen LogP contribution in [0.1, 0.15) is 17.3 Å². The molecule has 0 aliphatic carbocycles. The first-order valence-electron chi connectivity index (χ1n) is 6.46. The Kier molecular flexibility index (Phi) is 2.90. The van der Waals surface area contributed by atoms with Crippen molar-refractivity contribution in [3.63, 3.8) is 0 Å². The van der Waals surface area contributed by atoms with Gasteiger partial charge in [-0.25, -0.2) is 4.39 Å². The molecule has 2 nitrogen and oxygen atoms in total. The van der Waals surface area contributed by atoms with Gasteiger partial charge in [-0.15, -0.1) is 0 Å². The van der Waals surface area contributed by atoms with E-state index in [2.05, 4.69) is 0 Å². The minimum atomic E-state index is -0.291. The summed E-state index contributed by atoms with van der Waals surface area (Å²) in [5.74, 6) is -0.366. The first-order chi connectivity index (χ1) is 9.59. The van der Waals surface area contributed by atoms with Gasteiger partial charge in [-0.3, -0.25) is 9.36 Å². The number of nitrogens with zero attached hydrogens (tertiary/aromatic N) is 1. The second-order valence-corrected chi connectivity index (χ2v) is 4.86. The number of carbonyl (C=O) groups is 1. The van der Waals surface area contributed by atoms with Crippen LogP contribution in [0, 0.1) is 12.7 Å². The van der Waals surface area contributed by atoms with Crippen LogP contribution in [-0.4, -0.2) is 10.5 Å². The van der Waals surface area contributed by atoms with E-state index < -0.39 is 0 Å². The molecule has 3 heteroatoms. The Labute approximate surface area is 116 Å². The molecule has 0 aliphatic rings. The third-order valence-corrected chi connectivity index (χ3v) is 3.54. The maximum absolute atomic E-state index is 13.5. The van der Waals surface area contributed by atoms with Crippen molar-refractivity contribution in [3.8, 4) is 11.3 Å². The van der Waals surface area contributed by atoms with Gasteiger partial charge in [-0.1, -0.05) is 30.3 Å². The summed E-state index contributed by atoms with van der Waals surface area (Å²) in [4.78, 5) is 12.0. The summed E-state index contributed by atoms with van der Waals surface area (Å²) in [7, 11) is 0. The van der Waals surface area contributed by atoms with Crippen LogP contribution in [0.15, 0.2) is 48.5 Å². The molecule has 0 aliphatic heterocycles. The van der Waals surface area contributed by atoms with Crippen molar-refractivity contribution in [2.45, 2.75) is 13.8 Å². The Bertz CT molecular complexity index is 803. The van der Waals surface area contributed by atoms with E-state index in [0.717, 1.165) is 27.7 Å². The fourth-order valence-corrected chi connectivity index (χ4v) is 2.69. The van der Waals surface area contributed by atoms with Crippen LogP contribution in [0.5, 0.6) is 0 Å². The van der Waals surface area contributed by atoms with Gasteiger partial charge in [0.2, 0.25) is 5.91 Å². The summed E-state index contributed by atoms with van der Waals surface area (Å²) >= 11 is 0. The van der Waals surface area contributed by atoms with Crippen LogP contribution in [0.3, 0.4) is 0 Å². The Morgan fingerprint density at radius 3 is 2.45 bits per heavy atom. The van der Waals surface area contributed by atoms with Gasteiger partial charge in [0.15, 0.2) is 0 Å². The monoisotopic (exact) mass is 267 g/mol. The minimum absolute atomic E-state index is 0.0754. The number of carbonyl (C=O) groups excluding carboxylic acids is 1. The molecule has 3 rings (SSSR count). The highest BCUT2D eigenvalue weighted by atomic mass is 19.1. The normalized spacial score (nSPS) is 10.9. The molecule has 1 aromatic heterocycles. The number of aryl methyl sites for hydroxylation is 1. The predicted octanol–water partition coefficient (Wildman–Crippen LogP) is 4.42. The van der Waals surface area contributed by atoms with Crippen molar-refractivity contribution in [1.29, 1.82) is 0 Å². The molecule has 0 bridgehead atoms. The lowest BCUT2D eigenvalue weighted by atomic mass is 10.1. The summed E-state index contributed by atoms with van der Waals surface area (Å²) in [6.45, 7) is 3.44. The SMILES string of the molecule is CC(=O)n1c(-c2ccccc2)c(C)c2cc(F)ccc21. The fourth-order valence-electron chi connectivity index (χ4n) is 2.69. The van der Waals surface area contributed by atoms with Crippen LogP contribution in [0.25, 0.3) is 22.2 Å². The number of fused-ring (bicyclic) bond motifs is 1. The Balaban J connectivity index is 2.45. The molecule has 1 heterocycles. The average Bonchev–Trinajstić information content (AvgIpc) is 2.73. The molecule has 100 valence electrons. The van der Waals surface area contributed by atoms with Gasteiger partial charge in [-0.05, 0) is 36.2 Å². The lowest BCUT2D eigenvalue weighted by Gasteiger charge is -2.07. The first kappa shape index (κ1) is 12.6. The third-order valence-electron chi connectivity index (χ3n) is 3.54. The number of rotatable bonds is 1. The van der Waals surface area contributed by atoms with Gasteiger partial charge >= 0.3 is 0 Å². The van der Waals surface area contributed by atoms with Crippen LogP contribution < -0.4 is 0 Å². The quantitative estimate of drug-likeness (QED) is 0.640. The fraction of sp³-hybridized carbons (Fsp3) is 0.118. The summed E-state index contributed by atoms with van der Waals surface area (Å²) in [6, 6.07) is 14.2. The van der Waals surface area contributed by atoms with E-state index in [-0.39, 0.29) is 11.7 Å². The van der Waals surface area contributed by atoms with Gasteiger partial charge in [0.05, 0.1) is 11.2 Å². The van der Waals surface area contributed by atoms with E-state index in [1.807, 2.05) is 37.3 Å². The lowest BCUT2D eigenvalue weighted by Crippen LogP contribution is -2.07. The van der Waals surface area contributed by atoms with Crippen molar-refractivity contribution in [2.75, 3.05) is 0 Å². The van der Waals surface area contributed by atoms with Crippen molar-refractivity contribution in [2.24, 2.45) is 0 Å². The molecule has 0 N–H and O–H groups in total. The van der Waals surface area contributed by atoms with Crippen LogP contribution in [-0.2, 0) is 0 Å². The summed E-state index contributed by atoms with van der Waals surface area (Å²) in [5.41, 5.74) is 3.45. The largest absolute Gasteiger partial charge is 0.280 e. The minimum Gasteiger partial charge on any atom is -0.280 e. The average molecular weight is 267 g/mol. The number of benzene rings is 2. The summed E-state index contributed by atoms with van der Waals surface area (Å²) in [6.07, 6.45) is 0. The Morgan fingerprint density at radius 1 is 1.10 bits per heavy atom. The van der Waals surface area contributed by atoms with Crippen LogP contribution in [0.2, 0.25) is 0 Å². The molecule has 0 saturated heterocycles. The van der Waals surface area contributed by atoms with Gasteiger partial charge < -0.3 is 0 Å².